The number of rotatable bonds is 5. The maximum atomic E-state index is 12.2. The normalized spacial score (nSPS) is 21.7. The van der Waals surface area contributed by atoms with Gasteiger partial charge in [-0.05, 0) is 49.9 Å². The molecule has 1 aromatic rings. The molecule has 1 amide bonds. The van der Waals surface area contributed by atoms with Crippen molar-refractivity contribution >= 4 is 24.0 Å². The molecule has 1 unspecified atom stereocenters. The van der Waals surface area contributed by atoms with Crippen molar-refractivity contribution < 1.29 is 9.53 Å². The van der Waals surface area contributed by atoms with E-state index in [9.17, 15) is 4.79 Å². The van der Waals surface area contributed by atoms with Crippen molar-refractivity contribution in [3.63, 3.8) is 0 Å². The first-order valence-electron chi connectivity index (χ1n) is 8.53. The van der Waals surface area contributed by atoms with Gasteiger partial charge in [-0.15, -0.1) is 12.4 Å². The van der Waals surface area contributed by atoms with E-state index in [1.54, 1.807) is 0 Å². The zero-order chi connectivity index (χ0) is 15.2. The van der Waals surface area contributed by atoms with Crippen LogP contribution < -0.4 is 10.6 Å². The highest BCUT2D eigenvalue weighted by molar-refractivity contribution is 5.92. The fourth-order valence-electron chi connectivity index (χ4n) is 3.27. The standard InChI is InChI=1S/C18H26N2O2.ClH/c21-18(15-4-3-11-19-12-15)20-16-9-7-14(8-10-16)13-22-17-5-1-2-6-17;/h7-10,15,17,19H,1-6,11-13H2,(H,20,21);1H. The maximum Gasteiger partial charge on any atom is 0.228 e. The molecule has 0 aromatic heterocycles. The van der Waals surface area contributed by atoms with E-state index >= 15 is 0 Å². The average molecular weight is 339 g/mol. The first kappa shape index (κ1) is 18.2. The lowest BCUT2D eigenvalue weighted by atomic mass is 9.99. The Labute approximate surface area is 144 Å². The summed E-state index contributed by atoms with van der Waals surface area (Å²) in [7, 11) is 0. The fourth-order valence-corrected chi connectivity index (χ4v) is 3.27. The third-order valence-corrected chi connectivity index (χ3v) is 4.68. The van der Waals surface area contributed by atoms with Crippen molar-refractivity contribution in [1.29, 1.82) is 0 Å². The number of piperidine rings is 1. The molecule has 1 aliphatic carbocycles. The van der Waals surface area contributed by atoms with E-state index in [0.29, 0.717) is 12.7 Å². The molecule has 5 heteroatoms. The molecule has 0 spiro atoms. The number of carbonyl (C=O) groups is 1. The Hall–Kier alpha value is -1.10. The minimum atomic E-state index is 0. The maximum absolute atomic E-state index is 12.2. The summed E-state index contributed by atoms with van der Waals surface area (Å²) >= 11 is 0. The Bertz CT molecular complexity index is 480. The number of benzene rings is 1. The lowest BCUT2D eigenvalue weighted by molar-refractivity contribution is -0.120. The molecule has 1 atom stereocenters. The average Bonchev–Trinajstić information content (AvgIpc) is 3.08. The number of halogens is 1. The topological polar surface area (TPSA) is 50.4 Å². The molecule has 1 aliphatic heterocycles. The SMILES string of the molecule is Cl.O=C(Nc1ccc(COC2CCCC2)cc1)C1CCCNC1. The molecule has 23 heavy (non-hydrogen) atoms. The fraction of sp³-hybridized carbons (Fsp3) is 0.611. The van der Waals surface area contributed by atoms with Gasteiger partial charge in [0.25, 0.3) is 0 Å². The molecule has 4 nitrogen and oxygen atoms in total. The van der Waals surface area contributed by atoms with Gasteiger partial charge in [-0.1, -0.05) is 25.0 Å². The largest absolute Gasteiger partial charge is 0.374 e. The molecule has 2 aliphatic rings. The number of ether oxygens (including phenoxy) is 1. The second-order valence-electron chi connectivity index (χ2n) is 6.45. The molecule has 128 valence electrons. The van der Waals surface area contributed by atoms with E-state index in [1.807, 2.05) is 24.3 Å². The number of amides is 1. The summed E-state index contributed by atoms with van der Waals surface area (Å²) in [6.07, 6.45) is 7.49. The Balaban J connectivity index is 0.00000192. The lowest BCUT2D eigenvalue weighted by Crippen LogP contribution is -2.37. The van der Waals surface area contributed by atoms with Gasteiger partial charge in [0.1, 0.15) is 0 Å². The molecule has 1 saturated heterocycles. The first-order chi connectivity index (χ1) is 10.8. The van der Waals surface area contributed by atoms with Gasteiger partial charge in [0.2, 0.25) is 5.91 Å². The van der Waals surface area contributed by atoms with E-state index < -0.39 is 0 Å². The third-order valence-electron chi connectivity index (χ3n) is 4.68. The highest BCUT2D eigenvalue weighted by atomic mass is 35.5. The van der Waals surface area contributed by atoms with Crippen LogP contribution in [0.4, 0.5) is 5.69 Å². The van der Waals surface area contributed by atoms with Gasteiger partial charge >= 0.3 is 0 Å². The summed E-state index contributed by atoms with van der Waals surface area (Å²) in [6.45, 7) is 2.49. The van der Waals surface area contributed by atoms with Crippen molar-refractivity contribution in [1.82, 2.24) is 5.32 Å². The van der Waals surface area contributed by atoms with Crippen LogP contribution in [0.25, 0.3) is 0 Å². The van der Waals surface area contributed by atoms with Crippen LogP contribution in [0.2, 0.25) is 0 Å². The van der Waals surface area contributed by atoms with Crippen molar-refractivity contribution in [3.05, 3.63) is 29.8 Å². The molecule has 3 rings (SSSR count). The molecule has 1 heterocycles. The molecule has 2 N–H and O–H groups in total. The number of hydrogen-bond acceptors (Lipinski definition) is 3. The molecular formula is C18H27ClN2O2. The van der Waals surface area contributed by atoms with E-state index in [1.165, 1.54) is 31.2 Å². The van der Waals surface area contributed by atoms with Gasteiger partial charge in [0.05, 0.1) is 18.6 Å². The first-order valence-corrected chi connectivity index (χ1v) is 8.53. The monoisotopic (exact) mass is 338 g/mol. The van der Waals surface area contributed by atoms with Crippen LogP contribution >= 0.6 is 12.4 Å². The summed E-state index contributed by atoms with van der Waals surface area (Å²) in [5, 5.41) is 6.29. The van der Waals surface area contributed by atoms with Crippen molar-refractivity contribution in [3.8, 4) is 0 Å². The van der Waals surface area contributed by atoms with Gasteiger partial charge in [-0.2, -0.15) is 0 Å². The number of hydrogen-bond donors (Lipinski definition) is 2. The Morgan fingerprint density at radius 2 is 1.87 bits per heavy atom. The van der Waals surface area contributed by atoms with Crippen molar-refractivity contribution in [2.75, 3.05) is 18.4 Å². The second kappa shape index (κ2) is 9.26. The predicted octanol–water partition coefficient (Wildman–Crippen LogP) is 3.51. The highest BCUT2D eigenvalue weighted by Crippen LogP contribution is 2.22. The van der Waals surface area contributed by atoms with Gasteiger partial charge < -0.3 is 15.4 Å². The summed E-state index contributed by atoms with van der Waals surface area (Å²) < 4.78 is 5.91. The van der Waals surface area contributed by atoms with E-state index in [2.05, 4.69) is 10.6 Å². The van der Waals surface area contributed by atoms with Gasteiger partial charge in [0.15, 0.2) is 0 Å². The van der Waals surface area contributed by atoms with Crippen LogP contribution in [-0.2, 0) is 16.1 Å². The van der Waals surface area contributed by atoms with Crippen molar-refractivity contribution in [2.45, 2.75) is 51.2 Å². The lowest BCUT2D eigenvalue weighted by Gasteiger charge is -2.21. The summed E-state index contributed by atoms with van der Waals surface area (Å²) in [5.41, 5.74) is 2.05. The van der Waals surface area contributed by atoms with E-state index in [0.717, 1.165) is 31.6 Å². The smallest absolute Gasteiger partial charge is 0.228 e. The van der Waals surface area contributed by atoms with Crippen LogP contribution in [0.5, 0.6) is 0 Å². The molecule has 2 fully saturated rings. The number of carbonyl (C=O) groups excluding carboxylic acids is 1. The molecule has 0 bridgehead atoms. The van der Waals surface area contributed by atoms with Crippen LogP contribution in [0.3, 0.4) is 0 Å². The van der Waals surface area contributed by atoms with Crippen LogP contribution in [-0.4, -0.2) is 25.1 Å². The summed E-state index contributed by atoms with van der Waals surface area (Å²) in [5.74, 6) is 0.223. The Kier molecular flexibility index (Phi) is 7.34. The minimum Gasteiger partial charge on any atom is -0.374 e. The Morgan fingerprint density at radius 3 is 2.52 bits per heavy atom. The second-order valence-corrected chi connectivity index (χ2v) is 6.45. The summed E-state index contributed by atoms with van der Waals surface area (Å²) in [4.78, 5) is 12.2. The zero-order valence-electron chi connectivity index (χ0n) is 13.6. The molecule has 1 saturated carbocycles. The highest BCUT2D eigenvalue weighted by Gasteiger charge is 2.20. The molecule has 1 aromatic carbocycles. The van der Waals surface area contributed by atoms with E-state index in [4.69, 9.17) is 4.74 Å². The molecule has 0 radical (unpaired) electrons. The summed E-state index contributed by atoms with van der Waals surface area (Å²) in [6, 6.07) is 8.04. The zero-order valence-corrected chi connectivity index (χ0v) is 14.4. The van der Waals surface area contributed by atoms with Crippen LogP contribution in [0.1, 0.15) is 44.1 Å². The van der Waals surface area contributed by atoms with Gasteiger partial charge in [-0.25, -0.2) is 0 Å². The minimum absolute atomic E-state index is 0. The van der Waals surface area contributed by atoms with Crippen LogP contribution in [0.15, 0.2) is 24.3 Å². The van der Waals surface area contributed by atoms with Crippen molar-refractivity contribution in [2.24, 2.45) is 5.92 Å². The van der Waals surface area contributed by atoms with Gasteiger partial charge in [0, 0.05) is 12.2 Å². The number of anilines is 1. The predicted molar refractivity (Wildman–Crippen MR) is 95.0 cm³/mol. The van der Waals surface area contributed by atoms with Gasteiger partial charge in [-0.3, -0.25) is 4.79 Å². The quantitative estimate of drug-likeness (QED) is 0.863. The van der Waals surface area contributed by atoms with Crippen LogP contribution in [0, 0.1) is 5.92 Å². The number of nitrogens with one attached hydrogen (secondary N) is 2. The molecular weight excluding hydrogens is 312 g/mol. The Morgan fingerprint density at radius 1 is 1.13 bits per heavy atom. The van der Waals surface area contributed by atoms with E-state index in [-0.39, 0.29) is 24.2 Å². The third kappa shape index (κ3) is 5.48.